The number of halogens is 1. The summed E-state index contributed by atoms with van der Waals surface area (Å²) in [7, 11) is 0. The van der Waals surface area contributed by atoms with E-state index in [1.54, 1.807) is 0 Å². The van der Waals surface area contributed by atoms with Crippen molar-refractivity contribution in [1.82, 2.24) is 9.97 Å². The SMILES string of the molecule is CCc1nc(C(=O)O)cnc1Br. The molecule has 0 atom stereocenters. The van der Waals surface area contributed by atoms with Crippen LogP contribution in [0.4, 0.5) is 0 Å². The lowest BCUT2D eigenvalue weighted by Crippen LogP contribution is -2.04. The van der Waals surface area contributed by atoms with Crippen LogP contribution in [0.2, 0.25) is 0 Å². The Kier molecular flexibility index (Phi) is 2.75. The van der Waals surface area contributed by atoms with Crippen LogP contribution in [0.3, 0.4) is 0 Å². The molecule has 4 nitrogen and oxygen atoms in total. The van der Waals surface area contributed by atoms with Crippen LogP contribution in [0.1, 0.15) is 23.1 Å². The first kappa shape index (κ1) is 9.12. The molecular weight excluding hydrogens is 224 g/mol. The normalized spacial score (nSPS) is 9.83. The molecule has 0 aliphatic heterocycles. The third-order valence-electron chi connectivity index (χ3n) is 1.35. The maximum Gasteiger partial charge on any atom is 0.356 e. The van der Waals surface area contributed by atoms with Crippen LogP contribution in [0.25, 0.3) is 0 Å². The highest BCUT2D eigenvalue weighted by atomic mass is 79.9. The van der Waals surface area contributed by atoms with Crippen molar-refractivity contribution in [3.05, 3.63) is 22.2 Å². The van der Waals surface area contributed by atoms with E-state index in [9.17, 15) is 4.79 Å². The molecular formula is C7H7BrN2O2. The fourth-order valence-electron chi connectivity index (χ4n) is 0.741. The second kappa shape index (κ2) is 3.62. The van der Waals surface area contributed by atoms with Gasteiger partial charge in [-0.15, -0.1) is 0 Å². The number of aromatic nitrogens is 2. The van der Waals surface area contributed by atoms with Gasteiger partial charge in [0.15, 0.2) is 5.69 Å². The fourth-order valence-corrected chi connectivity index (χ4v) is 1.21. The van der Waals surface area contributed by atoms with Crippen molar-refractivity contribution in [1.29, 1.82) is 0 Å². The number of aryl methyl sites for hydroxylation is 1. The fraction of sp³-hybridized carbons (Fsp3) is 0.286. The summed E-state index contributed by atoms with van der Waals surface area (Å²) < 4.78 is 0.606. The van der Waals surface area contributed by atoms with Crippen LogP contribution in [-0.4, -0.2) is 21.0 Å². The maximum absolute atomic E-state index is 10.5. The van der Waals surface area contributed by atoms with E-state index < -0.39 is 5.97 Å². The molecule has 0 aromatic carbocycles. The number of hydrogen-bond donors (Lipinski definition) is 1. The molecule has 64 valence electrons. The molecule has 1 aromatic heterocycles. The van der Waals surface area contributed by atoms with Crippen molar-refractivity contribution in [3.8, 4) is 0 Å². The maximum atomic E-state index is 10.5. The number of carbonyl (C=O) groups is 1. The Hall–Kier alpha value is -0.970. The Morgan fingerprint density at radius 3 is 2.92 bits per heavy atom. The van der Waals surface area contributed by atoms with Crippen molar-refractivity contribution in [3.63, 3.8) is 0 Å². The number of aromatic carboxylic acids is 1. The zero-order valence-corrected chi connectivity index (χ0v) is 8.00. The highest BCUT2D eigenvalue weighted by Gasteiger charge is 2.08. The van der Waals surface area contributed by atoms with Gasteiger partial charge < -0.3 is 5.11 Å². The lowest BCUT2D eigenvalue weighted by molar-refractivity contribution is 0.0689. The van der Waals surface area contributed by atoms with Gasteiger partial charge in [0.25, 0.3) is 0 Å². The number of carboxylic acid groups (broad SMARTS) is 1. The summed E-state index contributed by atoms with van der Waals surface area (Å²) in [5, 5.41) is 8.58. The zero-order valence-electron chi connectivity index (χ0n) is 6.41. The Balaban J connectivity index is 3.13. The van der Waals surface area contributed by atoms with E-state index >= 15 is 0 Å². The molecule has 5 heteroatoms. The van der Waals surface area contributed by atoms with Crippen molar-refractivity contribution in [2.24, 2.45) is 0 Å². The molecule has 0 aliphatic carbocycles. The average Bonchev–Trinajstić information content (AvgIpc) is 2.05. The van der Waals surface area contributed by atoms with E-state index in [0.717, 1.165) is 0 Å². The highest BCUT2D eigenvalue weighted by Crippen LogP contribution is 2.11. The molecule has 0 aliphatic rings. The minimum Gasteiger partial charge on any atom is -0.476 e. The summed E-state index contributed by atoms with van der Waals surface area (Å²) in [6.07, 6.45) is 1.89. The predicted molar refractivity (Wildman–Crippen MR) is 46.1 cm³/mol. The summed E-state index contributed by atoms with van der Waals surface area (Å²) >= 11 is 3.17. The Labute approximate surface area is 77.8 Å². The van der Waals surface area contributed by atoms with E-state index in [1.807, 2.05) is 6.92 Å². The molecule has 0 radical (unpaired) electrons. The van der Waals surface area contributed by atoms with Crippen molar-refractivity contribution < 1.29 is 9.90 Å². The standard InChI is InChI=1S/C7H7BrN2O2/c1-2-4-6(8)9-3-5(10-4)7(11)12/h3H,2H2,1H3,(H,11,12). The first-order valence-corrected chi connectivity index (χ1v) is 4.19. The van der Waals surface area contributed by atoms with Gasteiger partial charge in [0, 0.05) is 0 Å². The molecule has 0 saturated carbocycles. The van der Waals surface area contributed by atoms with Crippen LogP contribution in [-0.2, 0) is 6.42 Å². The van der Waals surface area contributed by atoms with Crippen molar-refractivity contribution >= 4 is 21.9 Å². The second-order valence-corrected chi connectivity index (χ2v) is 2.90. The van der Waals surface area contributed by atoms with Crippen LogP contribution < -0.4 is 0 Å². The van der Waals surface area contributed by atoms with Gasteiger partial charge in [0.1, 0.15) is 4.60 Å². The first-order valence-electron chi connectivity index (χ1n) is 3.40. The molecule has 1 aromatic rings. The summed E-state index contributed by atoms with van der Waals surface area (Å²) in [5.74, 6) is -1.05. The van der Waals surface area contributed by atoms with Crippen molar-refractivity contribution in [2.45, 2.75) is 13.3 Å². The minimum absolute atomic E-state index is 0.0185. The van der Waals surface area contributed by atoms with E-state index in [0.29, 0.717) is 16.7 Å². The Bertz CT molecular complexity index is 314. The van der Waals surface area contributed by atoms with Gasteiger partial charge in [-0.25, -0.2) is 14.8 Å². The molecule has 1 rings (SSSR count). The van der Waals surface area contributed by atoms with Gasteiger partial charge in [-0.3, -0.25) is 0 Å². The van der Waals surface area contributed by atoms with Gasteiger partial charge in [-0.05, 0) is 22.4 Å². The van der Waals surface area contributed by atoms with Gasteiger partial charge in [0.2, 0.25) is 0 Å². The van der Waals surface area contributed by atoms with Crippen LogP contribution >= 0.6 is 15.9 Å². The lowest BCUT2D eigenvalue weighted by atomic mass is 10.3. The molecule has 0 spiro atoms. The van der Waals surface area contributed by atoms with Crippen LogP contribution in [0, 0.1) is 0 Å². The van der Waals surface area contributed by atoms with Crippen LogP contribution in [0.5, 0.6) is 0 Å². The van der Waals surface area contributed by atoms with Crippen molar-refractivity contribution in [2.75, 3.05) is 0 Å². The summed E-state index contributed by atoms with van der Waals surface area (Å²) in [6, 6.07) is 0. The number of nitrogens with zero attached hydrogens (tertiary/aromatic N) is 2. The van der Waals surface area contributed by atoms with E-state index in [-0.39, 0.29) is 5.69 Å². The Morgan fingerprint density at radius 2 is 2.42 bits per heavy atom. The molecule has 0 fully saturated rings. The summed E-state index contributed by atoms with van der Waals surface area (Å²) in [5.41, 5.74) is 0.643. The minimum atomic E-state index is -1.05. The topological polar surface area (TPSA) is 63.1 Å². The quantitative estimate of drug-likeness (QED) is 0.837. The van der Waals surface area contributed by atoms with E-state index in [2.05, 4.69) is 25.9 Å². The van der Waals surface area contributed by atoms with Gasteiger partial charge >= 0.3 is 5.97 Å². The molecule has 0 bridgehead atoms. The second-order valence-electron chi connectivity index (χ2n) is 2.15. The lowest BCUT2D eigenvalue weighted by Gasteiger charge is -1.99. The van der Waals surface area contributed by atoms with Crippen LogP contribution in [0.15, 0.2) is 10.8 Å². The third kappa shape index (κ3) is 1.79. The van der Waals surface area contributed by atoms with Gasteiger partial charge in [-0.2, -0.15) is 0 Å². The zero-order chi connectivity index (χ0) is 9.14. The molecule has 1 N–H and O–H groups in total. The molecule has 1 heterocycles. The largest absolute Gasteiger partial charge is 0.476 e. The molecule has 0 unspecified atom stereocenters. The first-order chi connectivity index (χ1) is 5.65. The third-order valence-corrected chi connectivity index (χ3v) is 2.01. The average molecular weight is 231 g/mol. The summed E-state index contributed by atoms with van der Waals surface area (Å²) in [6.45, 7) is 1.89. The molecule has 0 saturated heterocycles. The summed E-state index contributed by atoms with van der Waals surface area (Å²) in [4.78, 5) is 18.2. The highest BCUT2D eigenvalue weighted by molar-refractivity contribution is 9.10. The smallest absolute Gasteiger partial charge is 0.356 e. The van der Waals surface area contributed by atoms with E-state index in [1.165, 1.54) is 6.20 Å². The van der Waals surface area contributed by atoms with Gasteiger partial charge in [-0.1, -0.05) is 6.92 Å². The molecule has 12 heavy (non-hydrogen) atoms. The number of rotatable bonds is 2. The van der Waals surface area contributed by atoms with E-state index in [4.69, 9.17) is 5.11 Å². The number of hydrogen-bond acceptors (Lipinski definition) is 3. The van der Waals surface area contributed by atoms with Gasteiger partial charge in [0.05, 0.1) is 11.9 Å². The Morgan fingerprint density at radius 1 is 1.75 bits per heavy atom. The number of carboxylic acids is 1. The monoisotopic (exact) mass is 230 g/mol. The molecule has 0 amide bonds. The predicted octanol–water partition coefficient (Wildman–Crippen LogP) is 1.50.